The average molecular weight is 401 g/mol. The number of halogens is 3. The van der Waals surface area contributed by atoms with Crippen LogP contribution in [0, 0.1) is 0 Å². The zero-order valence-corrected chi connectivity index (χ0v) is 15.5. The minimum absolute atomic E-state index is 0. The lowest BCUT2D eigenvalue weighted by Gasteiger charge is -2.32. The molecule has 1 aromatic heterocycles. The number of nitrogens with zero attached hydrogens (tertiary/aromatic N) is 3. The third kappa shape index (κ3) is 3.53. The van der Waals surface area contributed by atoms with E-state index in [-0.39, 0.29) is 49.3 Å². The second-order valence-corrected chi connectivity index (χ2v) is 6.11. The Kier molecular flexibility index (Phi) is 5.60. The minimum Gasteiger partial charge on any atom is -0.478 e. The lowest BCUT2D eigenvalue weighted by Crippen LogP contribution is -2.43. The third-order valence-electron chi connectivity index (χ3n) is 4.42. The van der Waals surface area contributed by atoms with Crippen LogP contribution in [0.15, 0.2) is 24.4 Å². The predicted molar refractivity (Wildman–Crippen MR) is 96.8 cm³/mol. The predicted octanol–water partition coefficient (Wildman–Crippen LogP) is 3.50. The van der Waals surface area contributed by atoms with E-state index in [0.29, 0.717) is 5.69 Å². The van der Waals surface area contributed by atoms with Crippen LogP contribution in [0.25, 0.3) is 0 Å². The van der Waals surface area contributed by atoms with Crippen LogP contribution >= 0.6 is 13.5 Å². The number of benzene rings is 1. The number of fused-ring (bicyclic) bond motifs is 1. The molecule has 2 heterocycles. The summed E-state index contributed by atoms with van der Waals surface area (Å²) in [4.78, 5) is 25.4. The van der Waals surface area contributed by atoms with Gasteiger partial charge in [0.2, 0.25) is 0 Å². The van der Waals surface area contributed by atoms with Gasteiger partial charge in [0.1, 0.15) is 11.3 Å². The lowest BCUT2D eigenvalue weighted by molar-refractivity contribution is -0.138. The molecule has 1 atom stereocenters. The standard InChI is InChI=1S/C17H16F3N3O3.H2S/c1-3-10-6-11(4-5-13(10)17(18,19)20)22-8-9(2)23-14(15(22)24)12(7-21-23)16(25)26;/h4-7,9H,3,8H2,1-2H3,(H,25,26);1H2/t9-;/m0./s1. The number of carbonyl (C=O) groups excluding carboxylic acids is 1. The maximum absolute atomic E-state index is 13.1. The molecule has 10 heteroatoms. The fourth-order valence-electron chi connectivity index (χ4n) is 3.16. The number of amides is 1. The molecule has 3 rings (SSSR count). The molecule has 0 saturated carbocycles. The van der Waals surface area contributed by atoms with Gasteiger partial charge in [0.25, 0.3) is 5.91 Å². The Labute approximate surface area is 160 Å². The molecule has 0 unspecified atom stereocenters. The molecule has 2 aromatic rings. The summed E-state index contributed by atoms with van der Waals surface area (Å²) in [5.74, 6) is -1.88. The van der Waals surface area contributed by atoms with Crippen LogP contribution in [0.3, 0.4) is 0 Å². The Morgan fingerprint density at radius 3 is 2.59 bits per heavy atom. The molecule has 6 nitrogen and oxygen atoms in total. The first-order valence-corrected chi connectivity index (χ1v) is 7.98. The second-order valence-electron chi connectivity index (χ2n) is 6.11. The normalized spacial score (nSPS) is 16.7. The number of carboxylic acid groups (broad SMARTS) is 1. The molecule has 0 saturated heterocycles. The van der Waals surface area contributed by atoms with E-state index in [4.69, 9.17) is 0 Å². The molecule has 27 heavy (non-hydrogen) atoms. The molecule has 0 radical (unpaired) electrons. The number of aromatic nitrogens is 2. The molecule has 1 aromatic carbocycles. The molecule has 1 aliphatic heterocycles. The molecular weight excluding hydrogens is 383 g/mol. The van der Waals surface area contributed by atoms with Crippen molar-refractivity contribution in [3.05, 3.63) is 46.8 Å². The summed E-state index contributed by atoms with van der Waals surface area (Å²) in [6.45, 7) is 3.54. The van der Waals surface area contributed by atoms with Crippen LogP contribution in [0.5, 0.6) is 0 Å². The molecule has 0 bridgehead atoms. The topological polar surface area (TPSA) is 75.4 Å². The largest absolute Gasteiger partial charge is 0.478 e. The highest BCUT2D eigenvalue weighted by molar-refractivity contribution is 7.59. The van der Waals surface area contributed by atoms with Crippen molar-refractivity contribution >= 4 is 31.1 Å². The van der Waals surface area contributed by atoms with Gasteiger partial charge >= 0.3 is 12.1 Å². The van der Waals surface area contributed by atoms with Crippen LogP contribution in [0.2, 0.25) is 0 Å². The van der Waals surface area contributed by atoms with E-state index in [9.17, 15) is 27.9 Å². The lowest BCUT2D eigenvalue weighted by atomic mass is 10.0. The zero-order chi connectivity index (χ0) is 19.2. The summed E-state index contributed by atoms with van der Waals surface area (Å²) in [7, 11) is 0. The van der Waals surface area contributed by atoms with Gasteiger partial charge in [-0.15, -0.1) is 0 Å². The minimum atomic E-state index is -4.47. The number of aryl methyl sites for hydroxylation is 1. The van der Waals surface area contributed by atoms with Gasteiger partial charge in [-0.3, -0.25) is 9.48 Å². The van der Waals surface area contributed by atoms with Crippen molar-refractivity contribution in [1.29, 1.82) is 0 Å². The van der Waals surface area contributed by atoms with E-state index in [2.05, 4.69) is 5.10 Å². The Bertz CT molecular complexity index is 895. The summed E-state index contributed by atoms with van der Waals surface area (Å²) in [6, 6.07) is 3.21. The number of hydrogen-bond acceptors (Lipinski definition) is 3. The average Bonchev–Trinajstić information content (AvgIpc) is 3.03. The summed E-state index contributed by atoms with van der Waals surface area (Å²) in [6.07, 6.45) is -3.21. The quantitative estimate of drug-likeness (QED) is 0.854. The van der Waals surface area contributed by atoms with Gasteiger partial charge in [0.15, 0.2) is 0 Å². The van der Waals surface area contributed by atoms with Crippen LogP contribution in [0.1, 0.15) is 51.9 Å². The van der Waals surface area contributed by atoms with Gasteiger partial charge in [-0.05, 0) is 37.1 Å². The van der Waals surface area contributed by atoms with E-state index >= 15 is 0 Å². The van der Waals surface area contributed by atoms with E-state index in [1.807, 2.05) is 0 Å². The van der Waals surface area contributed by atoms with E-state index in [1.165, 1.54) is 21.7 Å². The summed E-state index contributed by atoms with van der Waals surface area (Å²) < 4.78 is 40.6. The number of carbonyl (C=O) groups is 2. The number of hydrogen-bond donors (Lipinski definition) is 1. The number of anilines is 1. The van der Waals surface area contributed by atoms with E-state index in [1.54, 1.807) is 13.8 Å². The first kappa shape index (κ1) is 20.8. The van der Waals surface area contributed by atoms with Crippen molar-refractivity contribution in [1.82, 2.24) is 9.78 Å². The van der Waals surface area contributed by atoms with E-state index < -0.39 is 23.6 Å². The third-order valence-corrected chi connectivity index (χ3v) is 4.42. The molecule has 0 aliphatic carbocycles. The Morgan fingerprint density at radius 1 is 1.37 bits per heavy atom. The summed E-state index contributed by atoms with van der Waals surface area (Å²) >= 11 is 0. The Balaban J connectivity index is 0.00000261. The summed E-state index contributed by atoms with van der Waals surface area (Å²) in [5, 5.41) is 13.2. The molecule has 146 valence electrons. The zero-order valence-electron chi connectivity index (χ0n) is 14.5. The van der Waals surface area contributed by atoms with Crippen LogP contribution in [-0.2, 0) is 12.6 Å². The number of rotatable bonds is 3. The van der Waals surface area contributed by atoms with Gasteiger partial charge < -0.3 is 10.0 Å². The highest BCUT2D eigenvalue weighted by Crippen LogP contribution is 2.35. The van der Waals surface area contributed by atoms with Crippen molar-refractivity contribution in [3.63, 3.8) is 0 Å². The Morgan fingerprint density at radius 2 is 2.04 bits per heavy atom. The Hall–Kier alpha value is -2.49. The fraction of sp³-hybridized carbons (Fsp3) is 0.353. The van der Waals surface area contributed by atoms with Gasteiger partial charge in [0, 0.05) is 12.2 Å². The van der Waals surface area contributed by atoms with Crippen molar-refractivity contribution in [2.75, 3.05) is 11.4 Å². The van der Waals surface area contributed by atoms with Crippen LogP contribution in [-0.4, -0.2) is 33.3 Å². The van der Waals surface area contributed by atoms with Gasteiger partial charge in [-0.1, -0.05) is 6.92 Å². The molecule has 0 spiro atoms. The number of aromatic carboxylic acids is 1. The summed E-state index contributed by atoms with van der Waals surface area (Å²) in [5.41, 5.74) is -0.663. The van der Waals surface area contributed by atoms with Crippen molar-refractivity contribution < 1.29 is 27.9 Å². The van der Waals surface area contributed by atoms with Gasteiger partial charge in [-0.2, -0.15) is 31.8 Å². The SMILES string of the molecule is CCc1cc(N2C[C@H](C)n3ncc(C(=O)O)c3C2=O)ccc1C(F)(F)F.S. The number of alkyl halides is 3. The van der Waals surface area contributed by atoms with Crippen molar-refractivity contribution in [2.24, 2.45) is 0 Å². The smallest absolute Gasteiger partial charge is 0.416 e. The fourth-order valence-corrected chi connectivity index (χ4v) is 3.16. The monoisotopic (exact) mass is 401 g/mol. The second kappa shape index (κ2) is 7.26. The highest BCUT2D eigenvalue weighted by atomic mass is 32.1. The molecule has 1 aliphatic rings. The molecule has 1 amide bonds. The van der Waals surface area contributed by atoms with Crippen LogP contribution < -0.4 is 4.90 Å². The van der Waals surface area contributed by atoms with Gasteiger partial charge in [-0.25, -0.2) is 4.79 Å². The van der Waals surface area contributed by atoms with Gasteiger partial charge in [0.05, 0.1) is 17.8 Å². The highest BCUT2D eigenvalue weighted by Gasteiger charge is 2.37. The molecular formula is C17H18F3N3O3S. The van der Waals surface area contributed by atoms with Crippen molar-refractivity contribution in [3.8, 4) is 0 Å². The first-order chi connectivity index (χ1) is 12.1. The molecule has 0 fully saturated rings. The maximum Gasteiger partial charge on any atom is 0.416 e. The maximum atomic E-state index is 13.1. The van der Waals surface area contributed by atoms with Crippen LogP contribution in [0.4, 0.5) is 18.9 Å². The van der Waals surface area contributed by atoms with E-state index in [0.717, 1.165) is 12.3 Å². The number of carboxylic acids is 1. The van der Waals surface area contributed by atoms with Crippen molar-refractivity contribution in [2.45, 2.75) is 32.5 Å². The first-order valence-electron chi connectivity index (χ1n) is 7.98. The molecule has 1 N–H and O–H groups in total.